The van der Waals surface area contributed by atoms with Gasteiger partial charge in [-0.1, -0.05) is 12.1 Å². The van der Waals surface area contributed by atoms with E-state index in [0.29, 0.717) is 30.1 Å². The van der Waals surface area contributed by atoms with Gasteiger partial charge >= 0.3 is 0 Å². The number of nitriles is 1. The molecule has 1 heterocycles. The van der Waals surface area contributed by atoms with Crippen LogP contribution in [-0.4, -0.2) is 10.1 Å². The Balaban J connectivity index is 2.21. The van der Waals surface area contributed by atoms with E-state index < -0.39 is 0 Å². The largest absolute Gasteiger partial charge is 0.339 e. The van der Waals surface area contributed by atoms with Gasteiger partial charge in [0.25, 0.3) is 0 Å². The lowest BCUT2D eigenvalue weighted by molar-refractivity contribution is 0.355. The van der Waals surface area contributed by atoms with Crippen molar-refractivity contribution in [1.82, 2.24) is 10.1 Å². The summed E-state index contributed by atoms with van der Waals surface area (Å²) in [6.45, 7) is 3.62. The Bertz CT molecular complexity index is 615. The number of halogens is 1. The van der Waals surface area contributed by atoms with Gasteiger partial charge in [0.1, 0.15) is 5.82 Å². The monoisotopic (exact) mass is 259 g/mol. The third-order valence-electron chi connectivity index (χ3n) is 2.97. The molecule has 2 aromatic rings. The quantitative estimate of drug-likeness (QED) is 0.841. The summed E-state index contributed by atoms with van der Waals surface area (Å²) < 4.78 is 18.4. The fourth-order valence-electron chi connectivity index (χ4n) is 1.74. The lowest BCUT2D eigenvalue weighted by atomic mass is 10.1. The number of aryl methyl sites for hydroxylation is 1. The van der Waals surface area contributed by atoms with Crippen molar-refractivity contribution in [3.63, 3.8) is 0 Å². The van der Waals surface area contributed by atoms with Gasteiger partial charge in [0.05, 0.1) is 6.07 Å². The first-order valence-electron chi connectivity index (χ1n) is 6.09. The third-order valence-corrected chi connectivity index (χ3v) is 2.97. The second-order valence-electron chi connectivity index (χ2n) is 4.52. The fraction of sp³-hybridized carbons (Fsp3) is 0.357. The Morgan fingerprint density at radius 3 is 2.95 bits per heavy atom. The van der Waals surface area contributed by atoms with Crippen molar-refractivity contribution in [3.8, 4) is 17.5 Å². The van der Waals surface area contributed by atoms with Gasteiger partial charge in [-0.25, -0.2) is 4.39 Å². The molecule has 2 rings (SSSR count). The second-order valence-corrected chi connectivity index (χ2v) is 4.52. The minimum absolute atomic E-state index is 0.0439. The van der Waals surface area contributed by atoms with Crippen molar-refractivity contribution >= 4 is 0 Å². The van der Waals surface area contributed by atoms with Crippen LogP contribution in [0.4, 0.5) is 4.39 Å². The van der Waals surface area contributed by atoms with E-state index in [0.717, 1.165) is 5.56 Å². The van der Waals surface area contributed by atoms with E-state index in [1.54, 1.807) is 19.1 Å². The second kappa shape index (κ2) is 5.61. The molecule has 0 spiro atoms. The van der Waals surface area contributed by atoms with Crippen molar-refractivity contribution in [2.75, 3.05) is 0 Å². The summed E-state index contributed by atoms with van der Waals surface area (Å²) in [7, 11) is 0. The maximum atomic E-state index is 13.2. The van der Waals surface area contributed by atoms with Crippen LogP contribution in [0.1, 0.15) is 37.1 Å². The Hall–Kier alpha value is -2.22. The van der Waals surface area contributed by atoms with Crippen LogP contribution in [0.25, 0.3) is 11.4 Å². The molecule has 0 amide bonds. The molecule has 1 unspecified atom stereocenters. The van der Waals surface area contributed by atoms with Crippen molar-refractivity contribution in [2.45, 2.75) is 32.6 Å². The molecule has 0 N–H and O–H groups in total. The van der Waals surface area contributed by atoms with Crippen LogP contribution >= 0.6 is 0 Å². The molecule has 1 aromatic carbocycles. The number of hydrogen-bond donors (Lipinski definition) is 0. The van der Waals surface area contributed by atoms with Gasteiger partial charge in [0, 0.05) is 17.9 Å². The molecular weight excluding hydrogens is 245 g/mol. The first-order valence-corrected chi connectivity index (χ1v) is 6.09. The topological polar surface area (TPSA) is 62.7 Å². The molecule has 98 valence electrons. The van der Waals surface area contributed by atoms with Gasteiger partial charge in [-0.3, -0.25) is 0 Å². The summed E-state index contributed by atoms with van der Waals surface area (Å²) in [5, 5.41) is 12.4. The zero-order valence-corrected chi connectivity index (χ0v) is 10.9. The Morgan fingerprint density at radius 1 is 1.47 bits per heavy atom. The molecule has 0 radical (unpaired) electrons. The molecule has 19 heavy (non-hydrogen) atoms. The van der Waals surface area contributed by atoms with E-state index in [1.165, 1.54) is 6.07 Å². The maximum absolute atomic E-state index is 13.2. The van der Waals surface area contributed by atoms with Gasteiger partial charge in [-0.2, -0.15) is 10.2 Å². The Labute approximate surface area is 110 Å². The van der Waals surface area contributed by atoms with Gasteiger partial charge in [0.2, 0.25) is 11.7 Å². The van der Waals surface area contributed by atoms with Crippen molar-refractivity contribution in [3.05, 3.63) is 35.5 Å². The zero-order chi connectivity index (χ0) is 13.8. The minimum atomic E-state index is -0.255. The van der Waals surface area contributed by atoms with Crippen LogP contribution in [0.15, 0.2) is 22.7 Å². The van der Waals surface area contributed by atoms with E-state index in [2.05, 4.69) is 16.2 Å². The highest BCUT2D eigenvalue weighted by Crippen LogP contribution is 2.23. The number of hydrogen-bond acceptors (Lipinski definition) is 4. The molecule has 5 heteroatoms. The molecule has 0 aliphatic heterocycles. The fourth-order valence-corrected chi connectivity index (χ4v) is 1.74. The molecular formula is C14H14FN3O. The lowest BCUT2D eigenvalue weighted by Crippen LogP contribution is -1.93. The number of benzene rings is 1. The van der Waals surface area contributed by atoms with Crippen LogP contribution < -0.4 is 0 Å². The molecule has 0 aliphatic carbocycles. The van der Waals surface area contributed by atoms with E-state index in [-0.39, 0.29) is 11.7 Å². The van der Waals surface area contributed by atoms with Crippen LogP contribution in [0.3, 0.4) is 0 Å². The molecule has 0 bridgehead atoms. The van der Waals surface area contributed by atoms with Crippen LogP contribution in [0.5, 0.6) is 0 Å². The molecule has 4 nitrogen and oxygen atoms in total. The predicted molar refractivity (Wildman–Crippen MR) is 67.7 cm³/mol. The summed E-state index contributed by atoms with van der Waals surface area (Å²) in [6.07, 6.45) is 1.13. The molecule has 0 saturated heterocycles. The first-order chi connectivity index (χ1) is 9.11. The van der Waals surface area contributed by atoms with Crippen LogP contribution in [-0.2, 0) is 0 Å². The summed E-state index contributed by atoms with van der Waals surface area (Å²) >= 11 is 0. The highest BCUT2D eigenvalue weighted by Gasteiger charge is 2.15. The van der Waals surface area contributed by atoms with Gasteiger partial charge in [-0.15, -0.1) is 0 Å². The highest BCUT2D eigenvalue weighted by atomic mass is 19.1. The van der Waals surface area contributed by atoms with Crippen molar-refractivity contribution in [2.24, 2.45) is 0 Å². The van der Waals surface area contributed by atoms with Gasteiger partial charge in [0.15, 0.2) is 0 Å². The van der Waals surface area contributed by atoms with Crippen LogP contribution in [0, 0.1) is 24.1 Å². The molecule has 0 aliphatic rings. The maximum Gasteiger partial charge on any atom is 0.229 e. The van der Waals surface area contributed by atoms with E-state index in [4.69, 9.17) is 9.78 Å². The zero-order valence-electron chi connectivity index (χ0n) is 10.9. The first kappa shape index (κ1) is 13.2. The Morgan fingerprint density at radius 2 is 2.26 bits per heavy atom. The molecule has 0 fully saturated rings. The van der Waals surface area contributed by atoms with Crippen molar-refractivity contribution in [1.29, 1.82) is 5.26 Å². The number of aromatic nitrogens is 2. The summed E-state index contributed by atoms with van der Waals surface area (Å²) in [4.78, 5) is 4.29. The normalized spacial score (nSPS) is 12.1. The van der Waals surface area contributed by atoms with Gasteiger partial charge in [-0.05, 0) is 37.1 Å². The van der Waals surface area contributed by atoms with Crippen LogP contribution in [0.2, 0.25) is 0 Å². The average Bonchev–Trinajstić information content (AvgIpc) is 2.89. The molecule has 1 aromatic heterocycles. The smallest absolute Gasteiger partial charge is 0.229 e. The van der Waals surface area contributed by atoms with E-state index in [9.17, 15) is 4.39 Å². The van der Waals surface area contributed by atoms with Gasteiger partial charge < -0.3 is 4.52 Å². The number of nitrogens with zero attached hydrogens (tertiary/aromatic N) is 3. The van der Waals surface area contributed by atoms with E-state index in [1.807, 2.05) is 6.92 Å². The molecule has 0 saturated carbocycles. The average molecular weight is 259 g/mol. The lowest BCUT2D eigenvalue weighted by Gasteiger charge is -2.01. The minimum Gasteiger partial charge on any atom is -0.339 e. The van der Waals surface area contributed by atoms with Crippen molar-refractivity contribution < 1.29 is 8.91 Å². The summed E-state index contributed by atoms with van der Waals surface area (Å²) in [5.41, 5.74) is 1.27. The molecule has 1 atom stereocenters. The summed E-state index contributed by atoms with van der Waals surface area (Å²) in [6, 6.07) is 6.78. The SMILES string of the molecule is Cc1cc(-c2noc(C(C)CCC#N)n2)ccc1F. The Kier molecular flexibility index (Phi) is 3.91. The standard InChI is InChI=1S/C14H14FN3O/c1-9(4-3-7-16)14-17-13(18-19-14)11-5-6-12(15)10(2)8-11/h5-6,8-9H,3-4H2,1-2H3. The van der Waals surface area contributed by atoms with E-state index >= 15 is 0 Å². The highest BCUT2D eigenvalue weighted by molar-refractivity contribution is 5.55. The third kappa shape index (κ3) is 2.97. The summed E-state index contributed by atoms with van der Waals surface area (Å²) in [5.74, 6) is 0.742. The predicted octanol–water partition coefficient (Wildman–Crippen LogP) is 3.59. The number of rotatable bonds is 4.